The summed E-state index contributed by atoms with van der Waals surface area (Å²) in [6, 6.07) is 6.90. The number of nitrogens with one attached hydrogen (secondary N) is 1. The second kappa shape index (κ2) is 4.32. The summed E-state index contributed by atoms with van der Waals surface area (Å²) in [5.74, 6) is 0.940. The van der Waals surface area contributed by atoms with E-state index in [9.17, 15) is 0 Å². The maximum absolute atomic E-state index is 5.33. The van der Waals surface area contributed by atoms with Crippen LogP contribution in [-0.2, 0) is 12.8 Å². The van der Waals surface area contributed by atoms with Crippen molar-refractivity contribution in [2.24, 2.45) is 0 Å². The average molecular weight is 244 g/mol. The molecule has 1 unspecified atom stereocenters. The maximum Gasteiger partial charge on any atom is 0.119 e. The third kappa shape index (κ3) is 1.79. The van der Waals surface area contributed by atoms with Gasteiger partial charge in [0.2, 0.25) is 0 Å². The third-order valence-electron chi connectivity index (χ3n) is 4.17. The predicted octanol–water partition coefficient (Wildman–Crippen LogP) is 2.60. The van der Waals surface area contributed by atoms with Gasteiger partial charge >= 0.3 is 0 Å². The molecule has 1 aliphatic rings. The largest absolute Gasteiger partial charge is 0.497 e. The number of aromatic nitrogens is 1. The number of rotatable bonds is 1. The number of hydrogen-bond acceptors (Lipinski definition) is 2. The van der Waals surface area contributed by atoms with Crippen LogP contribution in [0.4, 0.5) is 0 Å². The fourth-order valence-electron chi connectivity index (χ4n) is 2.83. The van der Waals surface area contributed by atoms with E-state index in [-0.39, 0.29) is 0 Å². The molecule has 1 aromatic carbocycles. The van der Waals surface area contributed by atoms with Crippen LogP contribution >= 0.6 is 0 Å². The number of fused-ring (bicyclic) bond motifs is 3. The first-order chi connectivity index (χ1) is 8.69. The van der Waals surface area contributed by atoms with Crippen molar-refractivity contribution in [3.63, 3.8) is 0 Å². The summed E-state index contributed by atoms with van der Waals surface area (Å²) in [4.78, 5) is 6.01. The van der Waals surface area contributed by atoms with Gasteiger partial charge in [-0.15, -0.1) is 0 Å². The number of nitrogens with zero attached hydrogens (tertiary/aromatic N) is 1. The van der Waals surface area contributed by atoms with Gasteiger partial charge in [0.25, 0.3) is 0 Å². The Labute approximate surface area is 108 Å². The Bertz CT molecular complexity index is 573. The third-order valence-corrected chi connectivity index (χ3v) is 4.17. The van der Waals surface area contributed by atoms with Gasteiger partial charge in [-0.3, -0.25) is 0 Å². The number of benzene rings is 1. The van der Waals surface area contributed by atoms with Gasteiger partial charge in [-0.2, -0.15) is 0 Å². The van der Waals surface area contributed by atoms with Crippen LogP contribution in [0.5, 0.6) is 5.75 Å². The first-order valence-corrected chi connectivity index (χ1v) is 6.56. The molecule has 2 heterocycles. The highest BCUT2D eigenvalue weighted by atomic mass is 16.5. The van der Waals surface area contributed by atoms with E-state index in [0.717, 1.165) is 25.1 Å². The zero-order chi connectivity index (χ0) is 12.7. The minimum absolute atomic E-state index is 0.598. The van der Waals surface area contributed by atoms with E-state index in [2.05, 4.69) is 36.0 Å². The van der Waals surface area contributed by atoms with E-state index in [1.807, 2.05) is 6.07 Å². The van der Waals surface area contributed by atoms with Crippen molar-refractivity contribution in [3.05, 3.63) is 29.5 Å². The topological polar surface area (TPSA) is 28.3 Å². The van der Waals surface area contributed by atoms with Crippen LogP contribution in [0.2, 0.25) is 0 Å². The van der Waals surface area contributed by atoms with Gasteiger partial charge in [-0.05, 0) is 44.2 Å². The lowest BCUT2D eigenvalue weighted by Crippen LogP contribution is -2.30. The molecule has 96 valence electrons. The molecule has 1 aromatic heterocycles. The Morgan fingerprint density at radius 1 is 1.39 bits per heavy atom. The van der Waals surface area contributed by atoms with Crippen molar-refractivity contribution in [3.8, 4) is 5.75 Å². The fraction of sp³-hybridized carbons (Fsp3) is 0.467. The number of likely N-dealkylation sites (N-methyl/N-ethyl adjacent to an activating group) is 1. The highest BCUT2D eigenvalue weighted by molar-refractivity contribution is 5.86. The van der Waals surface area contributed by atoms with Gasteiger partial charge in [0.15, 0.2) is 0 Å². The lowest BCUT2D eigenvalue weighted by atomic mass is 10.1. The molecular weight excluding hydrogens is 224 g/mol. The molecule has 3 rings (SSSR count). The van der Waals surface area contributed by atoms with Gasteiger partial charge in [-0.1, -0.05) is 0 Å². The number of hydrogen-bond donors (Lipinski definition) is 1. The van der Waals surface area contributed by atoms with Crippen LogP contribution in [-0.4, -0.2) is 36.6 Å². The molecule has 1 atom stereocenters. The molecular formula is C15H20N2O. The maximum atomic E-state index is 5.33. The van der Waals surface area contributed by atoms with E-state index in [4.69, 9.17) is 4.74 Å². The summed E-state index contributed by atoms with van der Waals surface area (Å²) in [5.41, 5.74) is 4.10. The van der Waals surface area contributed by atoms with Gasteiger partial charge in [0.1, 0.15) is 5.75 Å². The minimum atomic E-state index is 0.598. The smallest absolute Gasteiger partial charge is 0.119 e. The Morgan fingerprint density at radius 3 is 3.00 bits per heavy atom. The van der Waals surface area contributed by atoms with Crippen molar-refractivity contribution in [2.45, 2.75) is 25.8 Å². The molecule has 0 radical (unpaired) electrons. The van der Waals surface area contributed by atoms with Gasteiger partial charge in [0, 0.05) is 35.6 Å². The Kier molecular flexibility index (Phi) is 2.78. The lowest BCUT2D eigenvalue weighted by molar-refractivity contribution is 0.267. The van der Waals surface area contributed by atoms with Gasteiger partial charge in [0.05, 0.1) is 7.11 Å². The first-order valence-electron chi connectivity index (χ1n) is 6.56. The highest BCUT2D eigenvalue weighted by Gasteiger charge is 2.21. The summed E-state index contributed by atoms with van der Waals surface area (Å²) >= 11 is 0. The number of aromatic amines is 1. The quantitative estimate of drug-likeness (QED) is 0.835. The predicted molar refractivity (Wildman–Crippen MR) is 74.4 cm³/mol. The molecule has 0 fully saturated rings. The number of H-pyrrole nitrogens is 1. The Morgan fingerprint density at radius 2 is 2.22 bits per heavy atom. The van der Waals surface area contributed by atoms with Crippen molar-refractivity contribution in [2.75, 3.05) is 20.7 Å². The summed E-state index contributed by atoms with van der Waals surface area (Å²) in [6.07, 6.45) is 2.21. The Balaban J connectivity index is 2.12. The molecule has 0 spiro atoms. The number of methoxy groups -OCH3 is 1. The summed E-state index contributed by atoms with van der Waals surface area (Å²) in [5, 5.41) is 1.33. The average Bonchev–Trinajstić information content (AvgIpc) is 2.65. The second-order valence-corrected chi connectivity index (χ2v) is 5.28. The van der Waals surface area contributed by atoms with E-state index in [0.29, 0.717) is 6.04 Å². The van der Waals surface area contributed by atoms with Gasteiger partial charge in [-0.25, -0.2) is 0 Å². The summed E-state index contributed by atoms with van der Waals surface area (Å²) in [6.45, 7) is 3.42. The van der Waals surface area contributed by atoms with Crippen LogP contribution in [0.25, 0.3) is 10.9 Å². The standard InChI is InChI=1S/C15H20N2O/c1-10-8-15-12(6-7-17(10)2)13-9-11(18-3)4-5-14(13)16-15/h4-5,9-10,16H,6-8H2,1-3H3. The molecule has 3 heteroatoms. The van der Waals surface area contributed by atoms with Gasteiger partial charge < -0.3 is 14.6 Å². The van der Waals surface area contributed by atoms with Crippen molar-refractivity contribution in [1.82, 2.24) is 9.88 Å². The van der Waals surface area contributed by atoms with E-state index in [1.54, 1.807) is 7.11 Å². The molecule has 18 heavy (non-hydrogen) atoms. The van der Waals surface area contributed by atoms with Crippen molar-refractivity contribution < 1.29 is 4.74 Å². The van der Waals surface area contributed by atoms with Crippen LogP contribution in [0, 0.1) is 0 Å². The van der Waals surface area contributed by atoms with Crippen LogP contribution < -0.4 is 4.74 Å². The van der Waals surface area contributed by atoms with E-state index in [1.165, 1.54) is 22.2 Å². The molecule has 0 amide bonds. The van der Waals surface area contributed by atoms with Crippen LogP contribution in [0.3, 0.4) is 0 Å². The molecule has 1 N–H and O–H groups in total. The molecule has 0 aliphatic carbocycles. The van der Waals surface area contributed by atoms with Crippen LogP contribution in [0.1, 0.15) is 18.2 Å². The van der Waals surface area contributed by atoms with Crippen molar-refractivity contribution >= 4 is 10.9 Å². The highest BCUT2D eigenvalue weighted by Crippen LogP contribution is 2.29. The van der Waals surface area contributed by atoms with Crippen molar-refractivity contribution in [1.29, 1.82) is 0 Å². The lowest BCUT2D eigenvalue weighted by Gasteiger charge is -2.21. The molecule has 0 saturated carbocycles. The molecule has 0 saturated heterocycles. The normalized spacial score (nSPS) is 20.7. The Hall–Kier alpha value is -1.48. The molecule has 3 nitrogen and oxygen atoms in total. The van der Waals surface area contributed by atoms with E-state index < -0.39 is 0 Å². The van der Waals surface area contributed by atoms with E-state index >= 15 is 0 Å². The molecule has 1 aliphatic heterocycles. The minimum Gasteiger partial charge on any atom is -0.497 e. The zero-order valence-corrected chi connectivity index (χ0v) is 11.3. The zero-order valence-electron chi connectivity index (χ0n) is 11.3. The first kappa shape index (κ1) is 11.6. The monoisotopic (exact) mass is 244 g/mol. The molecule has 0 bridgehead atoms. The fourth-order valence-corrected chi connectivity index (χ4v) is 2.83. The number of ether oxygens (including phenoxy) is 1. The summed E-state index contributed by atoms with van der Waals surface area (Å²) < 4.78 is 5.33. The summed E-state index contributed by atoms with van der Waals surface area (Å²) in [7, 11) is 3.93. The van der Waals surface area contributed by atoms with Crippen LogP contribution in [0.15, 0.2) is 18.2 Å². The SMILES string of the molecule is COc1ccc2[nH]c3c(c2c1)CCN(C)C(C)C3. The molecule has 2 aromatic rings. The second-order valence-electron chi connectivity index (χ2n) is 5.28.